The summed E-state index contributed by atoms with van der Waals surface area (Å²) in [6, 6.07) is 3.00. The van der Waals surface area contributed by atoms with Gasteiger partial charge < -0.3 is 5.73 Å². The maximum absolute atomic E-state index is 13.0. The molecular weight excluding hydrogens is 228 g/mol. The van der Waals surface area contributed by atoms with E-state index in [9.17, 15) is 13.6 Å². The lowest BCUT2D eigenvalue weighted by atomic mass is 10.1. The van der Waals surface area contributed by atoms with E-state index in [4.69, 9.17) is 5.73 Å². The first kappa shape index (κ1) is 11.1. The fraction of sp³-hybridized carbons (Fsp3) is 0. The molecule has 2 rings (SSSR count). The molecular formula is C11H7F2N3O. The molecule has 0 aliphatic carbocycles. The molecule has 0 atom stereocenters. The number of aromatic nitrogens is 2. The molecule has 0 unspecified atom stereocenters. The summed E-state index contributed by atoms with van der Waals surface area (Å²) in [6.45, 7) is 0. The van der Waals surface area contributed by atoms with Gasteiger partial charge in [0.05, 0.1) is 18.1 Å². The summed E-state index contributed by atoms with van der Waals surface area (Å²) in [5.74, 6) is -2.13. The van der Waals surface area contributed by atoms with Crippen LogP contribution >= 0.6 is 0 Å². The van der Waals surface area contributed by atoms with Gasteiger partial charge in [0.2, 0.25) is 0 Å². The predicted octanol–water partition coefficient (Wildman–Crippen LogP) is 1.52. The Morgan fingerprint density at radius 1 is 1.06 bits per heavy atom. The lowest BCUT2D eigenvalue weighted by Gasteiger charge is -2.01. The third kappa shape index (κ3) is 2.41. The molecule has 0 spiro atoms. The van der Waals surface area contributed by atoms with Gasteiger partial charge in [-0.15, -0.1) is 0 Å². The zero-order valence-electron chi connectivity index (χ0n) is 8.52. The van der Waals surface area contributed by atoms with E-state index in [-0.39, 0.29) is 17.0 Å². The Kier molecular flexibility index (Phi) is 2.78. The molecule has 1 amide bonds. The largest absolute Gasteiger partial charge is 0.364 e. The van der Waals surface area contributed by atoms with Gasteiger partial charge in [-0.2, -0.15) is 0 Å². The van der Waals surface area contributed by atoms with Gasteiger partial charge in [-0.3, -0.25) is 9.78 Å². The SMILES string of the molecule is NC(=O)c1cnc(-c2cc(F)cc(F)c2)cn1. The van der Waals surface area contributed by atoms with Crippen LogP contribution in [0.4, 0.5) is 8.78 Å². The number of rotatable bonds is 2. The number of hydrogen-bond donors (Lipinski definition) is 1. The lowest BCUT2D eigenvalue weighted by molar-refractivity contribution is 0.0995. The van der Waals surface area contributed by atoms with E-state index in [1.807, 2.05) is 0 Å². The van der Waals surface area contributed by atoms with Crippen LogP contribution in [0.15, 0.2) is 30.6 Å². The second-order valence-electron chi connectivity index (χ2n) is 3.31. The molecule has 1 heterocycles. The van der Waals surface area contributed by atoms with Crippen molar-refractivity contribution in [1.29, 1.82) is 0 Å². The standard InChI is InChI=1S/C11H7F2N3O/c12-7-1-6(2-8(13)3-7)9-4-16-10(5-15-9)11(14)17/h1-5H,(H2,14,17). The van der Waals surface area contributed by atoms with E-state index in [0.29, 0.717) is 0 Å². The summed E-state index contributed by atoms with van der Waals surface area (Å²) >= 11 is 0. The number of carbonyl (C=O) groups is 1. The van der Waals surface area contributed by atoms with Crippen LogP contribution in [-0.4, -0.2) is 15.9 Å². The zero-order valence-corrected chi connectivity index (χ0v) is 8.52. The molecule has 0 radical (unpaired) electrons. The van der Waals surface area contributed by atoms with Crippen molar-refractivity contribution in [2.24, 2.45) is 5.73 Å². The van der Waals surface area contributed by atoms with Crippen LogP contribution in [0, 0.1) is 11.6 Å². The average Bonchev–Trinajstić information content (AvgIpc) is 2.28. The fourth-order valence-electron chi connectivity index (χ4n) is 1.31. The van der Waals surface area contributed by atoms with Crippen molar-refractivity contribution in [2.45, 2.75) is 0 Å². The smallest absolute Gasteiger partial charge is 0.268 e. The number of primary amides is 1. The molecule has 86 valence electrons. The van der Waals surface area contributed by atoms with E-state index in [1.54, 1.807) is 0 Å². The number of nitrogens with zero attached hydrogens (tertiary/aromatic N) is 2. The van der Waals surface area contributed by atoms with Gasteiger partial charge in [-0.1, -0.05) is 0 Å². The summed E-state index contributed by atoms with van der Waals surface area (Å²) in [6.07, 6.45) is 2.38. The highest BCUT2D eigenvalue weighted by molar-refractivity contribution is 5.90. The highest BCUT2D eigenvalue weighted by atomic mass is 19.1. The minimum absolute atomic E-state index is 0.00868. The van der Waals surface area contributed by atoms with Crippen LogP contribution in [0.25, 0.3) is 11.3 Å². The minimum atomic E-state index is -0.713. The maximum atomic E-state index is 13.0. The molecule has 0 aliphatic rings. The monoisotopic (exact) mass is 235 g/mol. The van der Waals surface area contributed by atoms with Crippen molar-refractivity contribution < 1.29 is 13.6 Å². The van der Waals surface area contributed by atoms with Crippen LogP contribution < -0.4 is 5.73 Å². The van der Waals surface area contributed by atoms with Crippen molar-refractivity contribution in [3.63, 3.8) is 0 Å². The Morgan fingerprint density at radius 2 is 1.71 bits per heavy atom. The molecule has 0 fully saturated rings. The zero-order chi connectivity index (χ0) is 12.4. The van der Waals surface area contributed by atoms with Gasteiger partial charge in [-0.05, 0) is 12.1 Å². The predicted molar refractivity (Wildman–Crippen MR) is 55.9 cm³/mol. The minimum Gasteiger partial charge on any atom is -0.364 e. The van der Waals surface area contributed by atoms with Crippen molar-refractivity contribution in [2.75, 3.05) is 0 Å². The Bertz CT molecular complexity index is 549. The Hall–Kier alpha value is -2.37. The van der Waals surface area contributed by atoms with E-state index in [1.165, 1.54) is 6.20 Å². The molecule has 0 saturated heterocycles. The van der Waals surface area contributed by atoms with Crippen LogP contribution in [0.5, 0.6) is 0 Å². The molecule has 0 bridgehead atoms. The normalized spacial score (nSPS) is 10.2. The van der Waals surface area contributed by atoms with Gasteiger partial charge in [0, 0.05) is 11.6 Å². The number of amides is 1. The van der Waals surface area contributed by atoms with E-state index in [0.717, 1.165) is 24.4 Å². The van der Waals surface area contributed by atoms with Crippen molar-refractivity contribution in [3.05, 3.63) is 47.9 Å². The van der Waals surface area contributed by atoms with Crippen molar-refractivity contribution in [3.8, 4) is 11.3 Å². The van der Waals surface area contributed by atoms with Crippen molar-refractivity contribution in [1.82, 2.24) is 9.97 Å². The van der Waals surface area contributed by atoms with Gasteiger partial charge in [0.1, 0.15) is 17.3 Å². The molecule has 1 aromatic carbocycles. The topological polar surface area (TPSA) is 68.9 Å². The first-order valence-corrected chi connectivity index (χ1v) is 4.64. The number of nitrogens with two attached hydrogens (primary N) is 1. The first-order valence-electron chi connectivity index (χ1n) is 4.64. The summed E-state index contributed by atoms with van der Waals surface area (Å²) in [5.41, 5.74) is 5.48. The molecule has 1 aromatic heterocycles. The van der Waals surface area contributed by atoms with Crippen molar-refractivity contribution >= 4 is 5.91 Å². The van der Waals surface area contributed by atoms with Gasteiger partial charge in [0.25, 0.3) is 5.91 Å². The second kappa shape index (κ2) is 4.25. The number of benzene rings is 1. The highest BCUT2D eigenvalue weighted by Crippen LogP contribution is 2.18. The van der Waals surface area contributed by atoms with Gasteiger partial charge in [-0.25, -0.2) is 13.8 Å². The highest BCUT2D eigenvalue weighted by Gasteiger charge is 2.07. The maximum Gasteiger partial charge on any atom is 0.268 e. The summed E-state index contributed by atoms with van der Waals surface area (Å²) in [4.78, 5) is 18.3. The van der Waals surface area contributed by atoms with Crippen LogP contribution in [0.3, 0.4) is 0 Å². The summed E-state index contributed by atoms with van der Waals surface area (Å²) in [5, 5.41) is 0. The van der Waals surface area contributed by atoms with Crippen LogP contribution in [0.2, 0.25) is 0 Å². The molecule has 4 nitrogen and oxygen atoms in total. The molecule has 0 saturated carbocycles. The van der Waals surface area contributed by atoms with E-state index >= 15 is 0 Å². The van der Waals surface area contributed by atoms with E-state index < -0.39 is 17.5 Å². The van der Waals surface area contributed by atoms with Crippen LogP contribution in [-0.2, 0) is 0 Å². The fourth-order valence-corrected chi connectivity index (χ4v) is 1.31. The quantitative estimate of drug-likeness (QED) is 0.857. The second-order valence-corrected chi connectivity index (χ2v) is 3.31. The van der Waals surface area contributed by atoms with Gasteiger partial charge >= 0.3 is 0 Å². The Balaban J connectivity index is 2.43. The Labute approximate surface area is 95.1 Å². The Morgan fingerprint density at radius 3 is 2.18 bits per heavy atom. The average molecular weight is 235 g/mol. The number of carbonyl (C=O) groups excluding carboxylic acids is 1. The summed E-state index contributed by atoms with van der Waals surface area (Å²) in [7, 11) is 0. The third-order valence-corrected chi connectivity index (χ3v) is 2.06. The van der Waals surface area contributed by atoms with Gasteiger partial charge in [0.15, 0.2) is 0 Å². The molecule has 6 heteroatoms. The molecule has 17 heavy (non-hydrogen) atoms. The molecule has 2 N–H and O–H groups in total. The lowest BCUT2D eigenvalue weighted by Crippen LogP contribution is -2.13. The summed E-state index contributed by atoms with van der Waals surface area (Å²) < 4.78 is 25.9. The molecule has 2 aromatic rings. The molecule has 0 aliphatic heterocycles. The van der Waals surface area contributed by atoms with E-state index in [2.05, 4.69) is 9.97 Å². The van der Waals surface area contributed by atoms with Crippen LogP contribution in [0.1, 0.15) is 10.5 Å². The third-order valence-electron chi connectivity index (χ3n) is 2.06. The number of hydrogen-bond acceptors (Lipinski definition) is 3. The first-order chi connectivity index (χ1) is 8.06. The number of halogens is 2.